The predicted molar refractivity (Wildman–Crippen MR) is 55.3 cm³/mol. The van der Waals surface area contributed by atoms with E-state index < -0.39 is 6.43 Å². The van der Waals surface area contributed by atoms with Crippen LogP contribution in [0.2, 0.25) is 5.02 Å². The Labute approximate surface area is 92.4 Å². The van der Waals surface area contributed by atoms with Gasteiger partial charge in [0.05, 0.1) is 23.0 Å². The summed E-state index contributed by atoms with van der Waals surface area (Å²) in [5.41, 5.74) is 1.54. The fraction of sp³-hybridized carbons (Fsp3) is 0.667. The van der Waals surface area contributed by atoms with Crippen molar-refractivity contribution in [3.05, 3.63) is 16.4 Å². The Hall–Kier alpha value is -0.680. The molecule has 0 aliphatic rings. The summed E-state index contributed by atoms with van der Waals surface area (Å²) < 4.78 is 25.4. The molecule has 0 saturated heterocycles. The summed E-state index contributed by atoms with van der Waals surface area (Å²) in [6.07, 6.45) is -1.61. The number of rotatable bonds is 5. The van der Waals surface area contributed by atoms with Gasteiger partial charge in [-0.25, -0.2) is 8.78 Å². The molecule has 0 aliphatic heterocycles. The van der Waals surface area contributed by atoms with Crippen LogP contribution < -0.4 is 5.32 Å². The molecular formula is C9H14ClF2N3. The average molecular weight is 238 g/mol. The molecule has 1 N–H and O–H groups in total. The molecule has 1 rings (SSSR count). The fourth-order valence-electron chi connectivity index (χ4n) is 1.31. The summed E-state index contributed by atoms with van der Waals surface area (Å²) >= 11 is 6.03. The highest BCUT2D eigenvalue weighted by Gasteiger charge is 2.12. The lowest BCUT2D eigenvalue weighted by Crippen LogP contribution is -2.22. The van der Waals surface area contributed by atoms with E-state index in [0.29, 0.717) is 11.6 Å². The lowest BCUT2D eigenvalue weighted by atomic mass is 10.3. The number of halogens is 3. The minimum atomic E-state index is -2.34. The Morgan fingerprint density at radius 2 is 2.20 bits per heavy atom. The minimum Gasteiger partial charge on any atom is -0.306 e. The fourth-order valence-corrected chi connectivity index (χ4v) is 1.67. The Morgan fingerprint density at radius 1 is 1.53 bits per heavy atom. The van der Waals surface area contributed by atoms with Crippen molar-refractivity contribution in [1.29, 1.82) is 0 Å². The van der Waals surface area contributed by atoms with Gasteiger partial charge in [0.25, 0.3) is 6.43 Å². The van der Waals surface area contributed by atoms with Gasteiger partial charge in [0.1, 0.15) is 0 Å². The van der Waals surface area contributed by atoms with Crippen LogP contribution >= 0.6 is 11.6 Å². The molecule has 0 amide bonds. The van der Waals surface area contributed by atoms with Crippen LogP contribution in [0.4, 0.5) is 8.78 Å². The molecular weight excluding hydrogens is 224 g/mol. The van der Waals surface area contributed by atoms with Gasteiger partial charge in [0.2, 0.25) is 0 Å². The number of aromatic nitrogens is 2. The second-order valence-electron chi connectivity index (χ2n) is 3.21. The number of hydrogen-bond donors (Lipinski definition) is 1. The van der Waals surface area contributed by atoms with Crippen LogP contribution in [0.1, 0.15) is 18.3 Å². The van der Waals surface area contributed by atoms with Crippen molar-refractivity contribution < 1.29 is 8.78 Å². The zero-order valence-electron chi connectivity index (χ0n) is 8.73. The molecule has 3 nitrogen and oxygen atoms in total. The first-order valence-corrected chi connectivity index (χ1v) is 5.13. The number of nitrogens with one attached hydrogen (secondary N) is 1. The number of alkyl halides is 2. The maximum atomic E-state index is 11.9. The van der Waals surface area contributed by atoms with Crippen molar-refractivity contribution in [1.82, 2.24) is 15.1 Å². The number of aryl methyl sites for hydroxylation is 2. The molecule has 0 bridgehead atoms. The first kappa shape index (κ1) is 12.4. The average Bonchev–Trinajstić information content (AvgIpc) is 2.44. The Kier molecular flexibility index (Phi) is 4.47. The van der Waals surface area contributed by atoms with Crippen molar-refractivity contribution in [2.24, 2.45) is 7.05 Å². The van der Waals surface area contributed by atoms with E-state index in [2.05, 4.69) is 10.4 Å². The van der Waals surface area contributed by atoms with E-state index in [1.165, 1.54) is 0 Å². The van der Waals surface area contributed by atoms with Gasteiger partial charge in [0, 0.05) is 13.6 Å². The standard InChI is InChI=1S/C9H14ClF2N3/c1-3-6-9(10)7(15(2)14-6)4-13-5-8(11)12/h8,13H,3-5H2,1-2H3. The number of hydrogen-bond acceptors (Lipinski definition) is 2. The van der Waals surface area contributed by atoms with Gasteiger partial charge in [-0.15, -0.1) is 0 Å². The third-order valence-corrected chi connectivity index (χ3v) is 2.53. The summed E-state index contributed by atoms with van der Waals surface area (Å²) in [5, 5.41) is 7.38. The Bertz CT molecular complexity index is 325. The quantitative estimate of drug-likeness (QED) is 0.849. The first-order chi connectivity index (χ1) is 7.06. The van der Waals surface area contributed by atoms with Crippen molar-refractivity contribution in [2.45, 2.75) is 26.3 Å². The lowest BCUT2D eigenvalue weighted by molar-refractivity contribution is 0.145. The second kappa shape index (κ2) is 5.42. The normalized spacial score (nSPS) is 11.3. The van der Waals surface area contributed by atoms with Gasteiger partial charge >= 0.3 is 0 Å². The van der Waals surface area contributed by atoms with E-state index in [4.69, 9.17) is 11.6 Å². The third-order valence-electron chi connectivity index (χ3n) is 2.09. The molecule has 0 saturated carbocycles. The van der Waals surface area contributed by atoms with Crippen molar-refractivity contribution >= 4 is 11.6 Å². The van der Waals surface area contributed by atoms with Gasteiger partial charge in [-0.2, -0.15) is 5.10 Å². The lowest BCUT2D eigenvalue weighted by Gasteiger charge is -2.04. The molecule has 15 heavy (non-hydrogen) atoms. The maximum Gasteiger partial charge on any atom is 0.250 e. The van der Waals surface area contributed by atoms with E-state index in [9.17, 15) is 8.78 Å². The molecule has 1 aromatic rings. The van der Waals surface area contributed by atoms with E-state index in [0.717, 1.165) is 17.8 Å². The van der Waals surface area contributed by atoms with Crippen LogP contribution in [0, 0.1) is 0 Å². The number of nitrogens with zero attached hydrogens (tertiary/aromatic N) is 2. The Balaban J connectivity index is 2.64. The molecule has 0 fully saturated rings. The van der Waals surface area contributed by atoms with Crippen LogP contribution in [0.25, 0.3) is 0 Å². The van der Waals surface area contributed by atoms with Crippen LogP contribution in [0.15, 0.2) is 0 Å². The molecule has 1 heterocycles. The summed E-state index contributed by atoms with van der Waals surface area (Å²) in [5.74, 6) is 0. The summed E-state index contributed by atoms with van der Waals surface area (Å²) in [7, 11) is 1.75. The smallest absolute Gasteiger partial charge is 0.250 e. The second-order valence-corrected chi connectivity index (χ2v) is 3.58. The first-order valence-electron chi connectivity index (χ1n) is 4.75. The monoisotopic (exact) mass is 237 g/mol. The van der Waals surface area contributed by atoms with Crippen LogP contribution in [0.5, 0.6) is 0 Å². The minimum absolute atomic E-state index is 0.312. The molecule has 86 valence electrons. The third kappa shape index (κ3) is 3.14. The van der Waals surface area contributed by atoms with Crippen LogP contribution in [-0.4, -0.2) is 22.8 Å². The summed E-state index contributed by atoms with van der Waals surface area (Å²) in [6, 6.07) is 0. The molecule has 0 spiro atoms. The Morgan fingerprint density at radius 3 is 2.67 bits per heavy atom. The van der Waals surface area contributed by atoms with Crippen LogP contribution in [0.3, 0.4) is 0 Å². The SMILES string of the molecule is CCc1nn(C)c(CNCC(F)F)c1Cl. The zero-order valence-corrected chi connectivity index (χ0v) is 9.48. The molecule has 0 atom stereocenters. The highest BCUT2D eigenvalue weighted by molar-refractivity contribution is 6.31. The molecule has 0 aliphatic carbocycles. The largest absolute Gasteiger partial charge is 0.306 e. The molecule has 6 heteroatoms. The van der Waals surface area contributed by atoms with E-state index in [-0.39, 0.29) is 6.54 Å². The van der Waals surface area contributed by atoms with Gasteiger partial charge in [-0.3, -0.25) is 4.68 Å². The van der Waals surface area contributed by atoms with Crippen molar-refractivity contribution in [3.63, 3.8) is 0 Å². The highest BCUT2D eigenvalue weighted by Crippen LogP contribution is 2.20. The topological polar surface area (TPSA) is 29.9 Å². The van der Waals surface area contributed by atoms with Crippen LogP contribution in [-0.2, 0) is 20.0 Å². The van der Waals surface area contributed by atoms with Gasteiger partial charge in [-0.1, -0.05) is 18.5 Å². The molecule has 0 radical (unpaired) electrons. The summed E-state index contributed by atoms with van der Waals surface area (Å²) in [4.78, 5) is 0. The predicted octanol–water partition coefficient (Wildman–Crippen LogP) is 1.99. The van der Waals surface area contributed by atoms with Gasteiger partial charge < -0.3 is 5.32 Å². The molecule has 0 aromatic carbocycles. The van der Waals surface area contributed by atoms with Gasteiger partial charge in [-0.05, 0) is 6.42 Å². The maximum absolute atomic E-state index is 11.9. The van der Waals surface area contributed by atoms with E-state index in [1.54, 1.807) is 11.7 Å². The van der Waals surface area contributed by atoms with Crippen molar-refractivity contribution in [3.8, 4) is 0 Å². The van der Waals surface area contributed by atoms with Crippen molar-refractivity contribution in [2.75, 3.05) is 6.54 Å². The summed E-state index contributed by atoms with van der Waals surface area (Å²) in [6.45, 7) is 1.93. The van der Waals surface area contributed by atoms with Gasteiger partial charge in [0.15, 0.2) is 0 Å². The highest BCUT2D eigenvalue weighted by atomic mass is 35.5. The molecule has 0 unspecified atom stereocenters. The van der Waals surface area contributed by atoms with E-state index in [1.807, 2.05) is 6.92 Å². The van der Waals surface area contributed by atoms with E-state index >= 15 is 0 Å². The molecule has 1 aromatic heterocycles. The zero-order chi connectivity index (χ0) is 11.4.